The average Bonchev–Trinajstić information content (AvgIpc) is 2.14. The number of carbonyl (C=O) groups excluding carboxylic acids is 2. The van der Waals surface area contributed by atoms with E-state index in [1.165, 1.54) is 23.8 Å². The van der Waals surface area contributed by atoms with Crippen LogP contribution in [-0.4, -0.2) is 49.3 Å². The van der Waals surface area contributed by atoms with Crippen LogP contribution in [-0.2, 0) is 9.59 Å². The van der Waals surface area contributed by atoms with Gasteiger partial charge in [0.15, 0.2) is 0 Å². The summed E-state index contributed by atoms with van der Waals surface area (Å²) in [6.07, 6.45) is 0. The molecular weight excluding hydrogens is 182 g/mol. The second-order valence-electron chi connectivity index (χ2n) is 3.33. The fourth-order valence-corrected chi connectivity index (χ4v) is 0.808. The van der Waals surface area contributed by atoms with E-state index in [0.717, 1.165) is 0 Å². The maximum absolute atomic E-state index is 11.4. The van der Waals surface area contributed by atoms with E-state index >= 15 is 0 Å². The molecule has 0 spiro atoms. The van der Waals surface area contributed by atoms with Crippen molar-refractivity contribution in [3.8, 4) is 6.07 Å². The molecule has 0 aromatic rings. The number of hydrogen-bond donors (Lipinski definition) is 0. The van der Waals surface area contributed by atoms with Crippen LogP contribution in [0.1, 0.15) is 6.92 Å². The van der Waals surface area contributed by atoms with Gasteiger partial charge in [-0.25, -0.2) is 0 Å². The summed E-state index contributed by atoms with van der Waals surface area (Å²) in [6, 6.07) is 1.83. The minimum atomic E-state index is -0.699. The molecule has 0 rings (SSSR count). The summed E-state index contributed by atoms with van der Waals surface area (Å²) in [6.45, 7) is 1.52. The maximum Gasteiger partial charge on any atom is 0.241 e. The number of hydrogen-bond acceptors (Lipinski definition) is 3. The molecule has 0 heterocycles. The second-order valence-corrected chi connectivity index (χ2v) is 3.33. The zero-order chi connectivity index (χ0) is 11.3. The number of amides is 2. The van der Waals surface area contributed by atoms with Gasteiger partial charge in [0.25, 0.3) is 0 Å². The Kier molecular flexibility index (Phi) is 4.64. The van der Waals surface area contributed by atoms with Gasteiger partial charge in [-0.3, -0.25) is 9.59 Å². The third-order valence-electron chi connectivity index (χ3n) is 1.81. The van der Waals surface area contributed by atoms with Crippen molar-refractivity contribution in [2.45, 2.75) is 6.92 Å². The van der Waals surface area contributed by atoms with Gasteiger partial charge in [0, 0.05) is 21.1 Å². The minimum absolute atomic E-state index is 0.0118. The molecule has 0 aromatic heterocycles. The van der Waals surface area contributed by atoms with Crippen molar-refractivity contribution < 1.29 is 9.59 Å². The van der Waals surface area contributed by atoms with Gasteiger partial charge < -0.3 is 9.80 Å². The van der Waals surface area contributed by atoms with Crippen molar-refractivity contribution in [3.63, 3.8) is 0 Å². The Morgan fingerprint density at radius 2 is 1.86 bits per heavy atom. The van der Waals surface area contributed by atoms with Crippen molar-refractivity contribution in [1.29, 1.82) is 5.26 Å². The normalized spacial score (nSPS) is 11.4. The summed E-state index contributed by atoms with van der Waals surface area (Å²) in [5.74, 6) is -1.19. The fourth-order valence-electron chi connectivity index (χ4n) is 0.808. The lowest BCUT2D eigenvalue weighted by molar-refractivity contribution is -0.139. The van der Waals surface area contributed by atoms with Gasteiger partial charge in [-0.2, -0.15) is 5.26 Å². The summed E-state index contributed by atoms with van der Waals surface area (Å²) >= 11 is 0. The molecule has 5 heteroatoms. The predicted molar refractivity (Wildman–Crippen MR) is 51.1 cm³/mol. The van der Waals surface area contributed by atoms with Gasteiger partial charge in [-0.1, -0.05) is 0 Å². The summed E-state index contributed by atoms with van der Waals surface area (Å²) in [7, 11) is 4.75. The second kappa shape index (κ2) is 5.22. The molecule has 1 atom stereocenters. The van der Waals surface area contributed by atoms with Crippen molar-refractivity contribution in [3.05, 3.63) is 0 Å². The zero-order valence-corrected chi connectivity index (χ0v) is 8.94. The van der Waals surface area contributed by atoms with Crippen molar-refractivity contribution in [2.75, 3.05) is 27.7 Å². The van der Waals surface area contributed by atoms with Gasteiger partial charge in [0.2, 0.25) is 11.8 Å². The van der Waals surface area contributed by atoms with E-state index in [0.29, 0.717) is 0 Å². The number of nitrogens with zero attached hydrogens (tertiary/aromatic N) is 3. The molecule has 0 aliphatic heterocycles. The molecule has 2 amide bonds. The van der Waals surface area contributed by atoms with E-state index in [2.05, 4.69) is 0 Å². The highest BCUT2D eigenvalue weighted by Crippen LogP contribution is 1.99. The van der Waals surface area contributed by atoms with Gasteiger partial charge in [-0.05, 0) is 6.92 Å². The van der Waals surface area contributed by atoms with E-state index in [1.54, 1.807) is 14.1 Å². The number of likely N-dealkylation sites (N-methyl/N-ethyl adjacent to an activating group) is 2. The molecule has 0 N–H and O–H groups in total. The van der Waals surface area contributed by atoms with Crippen LogP contribution in [0.2, 0.25) is 0 Å². The van der Waals surface area contributed by atoms with Crippen LogP contribution in [0.5, 0.6) is 0 Å². The monoisotopic (exact) mass is 197 g/mol. The third-order valence-corrected chi connectivity index (χ3v) is 1.81. The molecule has 0 aliphatic rings. The Bertz CT molecular complexity index is 268. The van der Waals surface area contributed by atoms with Gasteiger partial charge in [-0.15, -0.1) is 0 Å². The molecule has 5 nitrogen and oxygen atoms in total. The minimum Gasteiger partial charge on any atom is -0.347 e. The molecule has 0 aliphatic carbocycles. The van der Waals surface area contributed by atoms with E-state index in [-0.39, 0.29) is 18.4 Å². The summed E-state index contributed by atoms with van der Waals surface area (Å²) in [5, 5.41) is 8.50. The smallest absolute Gasteiger partial charge is 0.241 e. The Morgan fingerprint density at radius 1 is 1.36 bits per heavy atom. The Labute approximate surface area is 83.9 Å². The molecule has 0 fully saturated rings. The van der Waals surface area contributed by atoms with Crippen LogP contribution in [0.3, 0.4) is 0 Å². The molecule has 0 radical (unpaired) electrons. The highest BCUT2D eigenvalue weighted by molar-refractivity contribution is 5.86. The number of nitriles is 1. The Morgan fingerprint density at radius 3 is 2.21 bits per heavy atom. The molecule has 0 aromatic carbocycles. The third kappa shape index (κ3) is 3.44. The zero-order valence-electron chi connectivity index (χ0n) is 8.94. The van der Waals surface area contributed by atoms with Crippen molar-refractivity contribution >= 4 is 11.8 Å². The lowest BCUT2D eigenvalue weighted by atomic mass is 10.2. The summed E-state index contributed by atoms with van der Waals surface area (Å²) in [5.41, 5.74) is 0. The fraction of sp³-hybridized carbons (Fsp3) is 0.667. The number of rotatable bonds is 3. The summed E-state index contributed by atoms with van der Waals surface area (Å²) < 4.78 is 0. The van der Waals surface area contributed by atoms with Crippen LogP contribution >= 0.6 is 0 Å². The Hall–Kier alpha value is -1.57. The molecule has 0 saturated carbocycles. The quantitative estimate of drug-likeness (QED) is 0.623. The van der Waals surface area contributed by atoms with E-state index in [1.807, 2.05) is 6.07 Å². The van der Waals surface area contributed by atoms with E-state index in [9.17, 15) is 9.59 Å². The van der Waals surface area contributed by atoms with Crippen LogP contribution in [0.15, 0.2) is 0 Å². The van der Waals surface area contributed by atoms with E-state index in [4.69, 9.17) is 5.26 Å². The first kappa shape index (κ1) is 12.4. The molecule has 1 unspecified atom stereocenters. The van der Waals surface area contributed by atoms with Gasteiger partial charge >= 0.3 is 0 Å². The molecule has 0 bridgehead atoms. The highest BCUT2D eigenvalue weighted by atomic mass is 16.2. The topological polar surface area (TPSA) is 64.4 Å². The van der Waals surface area contributed by atoms with Crippen LogP contribution in [0.25, 0.3) is 0 Å². The average molecular weight is 197 g/mol. The lowest BCUT2D eigenvalue weighted by Gasteiger charge is -2.19. The maximum atomic E-state index is 11.4. The first-order chi connectivity index (χ1) is 6.40. The standard InChI is InChI=1S/C9H15N3O2/c1-7(5-10)9(14)12(4)6-8(13)11(2)3/h7H,6H2,1-4H3. The first-order valence-electron chi connectivity index (χ1n) is 4.25. The Balaban J connectivity index is 4.23. The van der Waals surface area contributed by atoms with Crippen molar-refractivity contribution in [1.82, 2.24) is 9.80 Å². The van der Waals surface area contributed by atoms with Crippen LogP contribution in [0, 0.1) is 17.2 Å². The first-order valence-corrected chi connectivity index (χ1v) is 4.25. The molecule has 78 valence electrons. The SMILES string of the molecule is CC(C#N)C(=O)N(C)CC(=O)N(C)C. The largest absolute Gasteiger partial charge is 0.347 e. The van der Waals surface area contributed by atoms with Gasteiger partial charge in [0.1, 0.15) is 5.92 Å². The predicted octanol–water partition coefficient (Wildman–Crippen LogP) is -0.307. The van der Waals surface area contributed by atoms with E-state index < -0.39 is 5.92 Å². The number of carbonyl (C=O) groups is 2. The molecule has 0 saturated heterocycles. The molecular formula is C9H15N3O2. The highest BCUT2D eigenvalue weighted by Gasteiger charge is 2.19. The lowest BCUT2D eigenvalue weighted by Crippen LogP contribution is -2.39. The summed E-state index contributed by atoms with van der Waals surface area (Å²) in [4.78, 5) is 25.2. The van der Waals surface area contributed by atoms with Crippen LogP contribution in [0.4, 0.5) is 0 Å². The van der Waals surface area contributed by atoms with Crippen LogP contribution < -0.4 is 0 Å². The van der Waals surface area contributed by atoms with Crippen molar-refractivity contribution in [2.24, 2.45) is 5.92 Å². The molecule has 14 heavy (non-hydrogen) atoms. The van der Waals surface area contributed by atoms with Gasteiger partial charge in [0.05, 0.1) is 12.6 Å².